The first kappa shape index (κ1) is 22.5. The van der Waals surface area contributed by atoms with E-state index in [1.165, 1.54) is 0 Å². The van der Waals surface area contributed by atoms with Crippen LogP contribution in [0.4, 0.5) is 0 Å². The minimum atomic E-state index is -3.30. The second kappa shape index (κ2) is 9.76. The van der Waals surface area contributed by atoms with Gasteiger partial charge in [0.15, 0.2) is 6.61 Å². The zero-order valence-electron chi connectivity index (χ0n) is 17.2. The summed E-state index contributed by atoms with van der Waals surface area (Å²) < 4.78 is 32.3. The number of para-hydroxylation sites is 1. The molecule has 30 heavy (non-hydrogen) atoms. The van der Waals surface area contributed by atoms with Crippen molar-refractivity contribution in [3.63, 3.8) is 0 Å². The smallest absolute Gasteiger partial charge is 0.260 e. The van der Waals surface area contributed by atoms with Gasteiger partial charge in [-0.2, -0.15) is 0 Å². The number of nitrogens with one attached hydrogen (secondary N) is 1. The van der Waals surface area contributed by atoms with Crippen LogP contribution in [0, 0.1) is 6.92 Å². The van der Waals surface area contributed by atoms with E-state index in [0.29, 0.717) is 36.7 Å². The average molecular weight is 452 g/mol. The van der Waals surface area contributed by atoms with Gasteiger partial charge in [-0.1, -0.05) is 30.7 Å². The SMILES string of the molecule is CCCS(=O)(=O)NCc1c(C)ncc2c1CCN(C(=O)COc1ccccc1Cl)C2. The molecule has 0 aliphatic carbocycles. The van der Waals surface area contributed by atoms with Gasteiger partial charge in [0, 0.05) is 31.5 Å². The van der Waals surface area contributed by atoms with Crippen LogP contribution in [-0.2, 0) is 34.3 Å². The lowest BCUT2D eigenvalue weighted by Crippen LogP contribution is -2.39. The molecule has 2 heterocycles. The summed E-state index contributed by atoms with van der Waals surface area (Å²) in [7, 11) is -3.30. The normalized spacial score (nSPS) is 13.8. The van der Waals surface area contributed by atoms with Crippen molar-refractivity contribution in [2.75, 3.05) is 18.9 Å². The van der Waals surface area contributed by atoms with E-state index in [1.807, 2.05) is 13.8 Å². The number of carbonyl (C=O) groups is 1. The highest BCUT2D eigenvalue weighted by atomic mass is 35.5. The standard InChI is InChI=1S/C21H26ClN3O4S/c1-3-10-30(27,28)24-12-18-15(2)23-11-16-13-25(9-8-17(16)18)21(26)14-29-20-7-5-4-6-19(20)22/h4-7,11,24H,3,8-10,12-14H2,1-2H3. The molecule has 2 aromatic rings. The predicted octanol–water partition coefficient (Wildman–Crippen LogP) is 2.84. The van der Waals surface area contributed by atoms with Crippen molar-refractivity contribution in [1.29, 1.82) is 0 Å². The summed E-state index contributed by atoms with van der Waals surface area (Å²) in [4.78, 5) is 18.8. The molecule has 1 aliphatic heterocycles. The zero-order valence-corrected chi connectivity index (χ0v) is 18.7. The van der Waals surface area contributed by atoms with Gasteiger partial charge in [-0.05, 0) is 48.6 Å². The number of ether oxygens (including phenoxy) is 1. The number of nitrogens with zero attached hydrogens (tertiary/aromatic N) is 2. The molecule has 1 aliphatic rings. The Morgan fingerprint density at radius 3 is 2.83 bits per heavy atom. The van der Waals surface area contributed by atoms with Crippen LogP contribution in [0.3, 0.4) is 0 Å². The maximum absolute atomic E-state index is 12.6. The van der Waals surface area contributed by atoms with E-state index < -0.39 is 10.0 Å². The molecule has 3 rings (SSSR count). The summed E-state index contributed by atoms with van der Waals surface area (Å²) in [6.45, 7) is 4.78. The number of aromatic nitrogens is 1. The summed E-state index contributed by atoms with van der Waals surface area (Å²) in [5.41, 5.74) is 3.70. The Kier molecular flexibility index (Phi) is 7.33. The predicted molar refractivity (Wildman–Crippen MR) is 116 cm³/mol. The minimum Gasteiger partial charge on any atom is -0.482 e. The molecule has 1 aromatic carbocycles. The number of aryl methyl sites for hydroxylation is 1. The summed E-state index contributed by atoms with van der Waals surface area (Å²) in [6, 6.07) is 7.03. The number of fused-ring (bicyclic) bond motifs is 1. The van der Waals surface area contributed by atoms with Gasteiger partial charge < -0.3 is 9.64 Å². The Morgan fingerprint density at radius 1 is 1.33 bits per heavy atom. The molecule has 0 spiro atoms. The first-order valence-electron chi connectivity index (χ1n) is 9.89. The molecule has 0 saturated carbocycles. The van der Waals surface area contributed by atoms with Crippen LogP contribution in [0.2, 0.25) is 5.02 Å². The second-order valence-corrected chi connectivity index (χ2v) is 9.58. The molecule has 7 nitrogen and oxygen atoms in total. The highest BCUT2D eigenvalue weighted by Gasteiger charge is 2.25. The Morgan fingerprint density at radius 2 is 2.10 bits per heavy atom. The average Bonchev–Trinajstić information content (AvgIpc) is 2.72. The van der Waals surface area contributed by atoms with E-state index in [1.54, 1.807) is 35.4 Å². The van der Waals surface area contributed by atoms with Crippen LogP contribution in [0.25, 0.3) is 0 Å². The van der Waals surface area contributed by atoms with E-state index in [-0.39, 0.29) is 24.8 Å². The van der Waals surface area contributed by atoms with Gasteiger partial charge in [0.2, 0.25) is 10.0 Å². The Balaban J connectivity index is 1.67. The molecule has 1 amide bonds. The first-order valence-corrected chi connectivity index (χ1v) is 11.9. The van der Waals surface area contributed by atoms with Gasteiger partial charge in [0.05, 0.1) is 10.8 Å². The molecule has 0 fully saturated rings. The van der Waals surface area contributed by atoms with E-state index in [9.17, 15) is 13.2 Å². The van der Waals surface area contributed by atoms with Crippen molar-refractivity contribution in [2.24, 2.45) is 0 Å². The lowest BCUT2D eigenvalue weighted by Gasteiger charge is -2.30. The number of benzene rings is 1. The zero-order chi connectivity index (χ0) is 21.7. The lowest BCUT2D eigenvalue weighted by molar-refractivity contribution is -0.134. The third kappa shape index (κ3) is 5.50. The third-order valence-corrected chi connectivity index (χ3v) is 6.92. The summed E-state index contributed by atoms with van der Waals surface area (Å²) >= 11 is 6.07. The fraction of sp³-hybridized carbons (Fsp3) is 0.429. The summed E-state index contributed by atoms with van der Waals surface area (Å²) in [5, 5.41) is 0.462. The van der Waals surface area contributed by atoms with Crippen LogP contribution in [0.5, 0.6) is 5.75 Å². The van der Waals surface area contributed by atoms with E-state index in [4.69, 9.17) is 16.3 Å². The second-order valence-electron chi connectivity index (χ2n) is 7.25. The van der Waals surface area contributed by atoms with Crippen LogP contribution in [0.15, 0.2) is 30.5 Å². The number of halogens is 1. The van der Waals surface area contributed by atoms with Crippen molar-refractivity contribution < 1.29 is 17.9 Å². The number of sulfonamides is 1. The third-order valence-electron chi connectivity index (χ3n) is 5.08. The maximum Gasteiger partial charge on any atom is 0.260 e. The molecule has 0 atom stereocenters. The fourth-order valence-corrected chi connectivity index (χ4v) is 4.72. The van der Waals surface area contributed by atoms with E-state index in [2.05, 4.69) is 9.71 Å². The number of amides is 1. The van der Waals surface area contributed by atoms with Gasteiger partial charge in [-0.3, -0.25) is 9.78 Å². The molecule has 162 valence electrons. The summed E-state index contributed by atoms with van der Waals surface area (Å²) in [6.07, 6.45) is 2.97. The molecule has 1 N–H and O–H groups in total. The molecular formula is C21H26ClN3O4S. The highest BCUT2D eigenvalue weighted by molar-refractivity contribution is 7.89. The van der Waals surface area contributed by atoms with Crippen molar-refractivity contribution in [3.05, 3.63) is 57.9 Å². The van der Waals surface area contributed by atoms with Crippen LogP contribution in [0.1, 0.15) is 35.7 Å². The quantitative estimate of drug-likeness (QED) is 0.666. The highest BCUT2D eigenvalue weighted by Crippen LogP contribution is 2.25. The maximum atomic E-state index is 12.6. The molecular weight excluding hydrogens is 426 g/mol. The molecule has 0 saturated heterocycles. The van der Waals surface area contributed by atoms with Crippen LogP contribution >= 0.6 is 11.6 Å². The first-order chi connectivity index (χ1) is 14.3. The summed E-state index contributed by atoms with van der Waals surface area (Å²) in [5.74, 6) is 0.442. The number of rotatable bonds is 8. The molecule has 0 bridgehead atoms. The van der Waals surface area contributed by atoms with Crippen LogP contribution in [-0.4, -0.2) is 43.1 Å². The lowest BCUT2D eigenvalue weighted by atomic mass is 9.95. The molecule has 1 aromatic heterocycles. The topological polar surface area (TPSA) is 88.6 Å². The number of hydrogen-bond donors (Lipinski definition) is 1. The van der Waals surface area contributed by atoms with E-state index >= 15 is 0 Å². The number of pyridine rings is 1. The number of hydrogen-bond acceptors (Lipinski definition) is 5. The van der Waals surface area contributed by atoms with Crippen molar-refractivity contribution >= 4 is 27.5 Å². The van der Waals surface area contributed by atoms with Crippen LogP contribution < -0.4 is 9.46 Å². The Labute approximate surface area is 182 Å². The van der Waals surface area contributed by atoms with Gasteiger partial charge in [0.25, 0.3) is 5.91 Å². The number of carbonyl (C=O) groups excluding carboxylic acids is 1. The Bertz CT molecular complexity index is 1030. The van der Waals surface area contributed by atoms with Gasteiger partial charge >= 0.3 is 0 Å². The van der Waals surface area contributed by atoms with Crippen molar-refractivity contribution in [1.82, 2.24) is 14.6 Å². The van der Waals surface area contributed by atoms with Gasteiger partial charge in [0.1, 0.15) is 5.75 Å². The van der Waals surface area contributed by atoms with Gasteiger partial charge in [-0.25, -0.2) is 13.1 Å². The molecule has 0 radical (unpaired) electrons. The largest absolute Gasteiger partial charge is 0.482 e. The molecule has 0 unspecified atom stereocenters. The Hall–Kier alpha value is -2.16. The van der Waals surface area contributed by atoms with Crippen molar-refractivity contribution in [2.45, 2.75) is 39.8 Å². The van der Waals surface area contributed by atoms with Crippen molar-refractivity contribution in [3.8, 4) is 5.75 Å². The van der Waals surface area contributed by atoms with E-state index in [0.717, 1.165) is 22.4 Å². The van der Waals surface area contributed by atoms with Gasteiger partial charge in [-0.15, -0.1) is 0 Å². The monoisotopic (exact) mass is 451 g/mol. The fourth-order valence-electron chi connectivity index (χ4n) is 3.48. The molecule has 9 heteroatoms. The minimum absolute atomic E-state index is 0.0952.